The van der Waals surface area contributed by atoms with E-state index in [1.807, 2.05) is 0 Å². The predicted octanol–water partition coefficient (Wildman–Crippen LogP) is 2.50. The average Bonchev–Trinajstić information content (AvgIpc) is 2.94. The van der Waals surface area contributed by atoms with E-state index in [-0.39, 0.29) is 17.3 Å². The molecule has 0 saturated carbocycles. The van der Waals surface area contributed by atoms with Crippen molar-refractivity contribution in [3.05, 3.63) is 62.8 Å². The van der Waals surface area contributed by atoms with Gasteiger partial charge in [0.05, 0.1) is 4.92 Å². The maximum atomic E-state index is 11.3. The molecule has 0 saturated heterocycles. The number of carbonyl (C=O) groups excluding carboxylic acids is 1. The van der Waals surface area contributed by atoms with Gasteiger partial charge in [0.2, 0.25) is 16.9 Å². The van der Waals surface area contributed by atoms with Crippen molar-refractivity contribution in [2.75, 3.05) is 5.32 Å². The monoisotopic (exact) mass is 340 g/mol. The summed E-state index contributed by atoms with van der Waals surface area (Å²) < 4.78 is 4.50. The zero-order valence-corrected chi connectivity index (χ0v) is 13.0. The van der Waals surface area contributed by atoms with Crippen LogP contribution in [0.25, 0.3) is 23.2 Å². The smallest absolute Gasteiger partial charge is 0.293 e. The van der Waals surface area contributed by atoms with E-state index in [0.29, 0.717) is 21.5 Å². The Labute approximate surface area is 140 Å². The van der Waals surface area contributed by atoms with E-state index < -0.39 is 4.92 Å². The number of nitro benzene ring substituents is 1. The molecule has 25 heavy (non-hydrogen) atoms. The van der Waals surface area contributed by atoms with Crippen LogP contribution in [0.5, 0.6) is 0 Å². The summed E-state index contributed by atoms with van der Waals surface area (Å²) in [6, 6.07) is 9.41. The van der Waals surface area contributed by atoms with E-state index in [2.05, 4.69) is 15.1 Å². The molecule has 9 heteroatoms. The predicted molar refractivity (Wildman–Crippen MR) is 89.3 cm³/mol. The van der Waals surface area contributed by atoms with Gasteiger partial charge in [-0.15, -0.1) is 0 Å². The highest BCUT2D eigenvalue weighted by Crippen LogP contribution is 2.26. The largest absolute Gasteiger partial charge is 0.359 e. The topological polar surface area (TPSA) is 125 Å². The van der Waals surface area contributed by atoms with Gasteiger partial charge in [0.15, 0.2) is 0 Å². The zero-order valence-electron chi connectivity index (χ0n) is 13.0. The van der Waals surface area contributed by atoms with Crippen LogP contribution in [-0.2, 0) is 4.79 Å². The minimum Gasteiger partial charge on any atom is -0.359 e. The molecule has 9 nitrogen and oxygen atoms in total. The third-order valence-electron chi connectivity index (χ3n) is 3.41. The lowest BCUT2D eigenvalue weighted by atomic mass is 10.1. The molecule has 0 bridgehead atoms. The first-order valence-corrected chi connectivity index (χ1v) is 7.17. The number of benzene rings is 2. The maximum absolute atomic E-state index is 11.3. The van der Waals surface area contributed by atoms with Crippen molar-refractivity contribution in [2.45, 2.75) is 6.92 Å². The van der Waals surface area contributed by atoms with Crippen LogP contribution in [0.15, 0.2) is 41.0 Å². The summed E-state index contributed by atoms with van der Waals surface area (Å²) in [5, 5.41) is 28.5. The lowest BCUT2D eigenvalue weighted by Crippen LogP contribution is -2.22. The van der Waals surface area contributed by atoms with Crippen LogP contribution in [0.2, 0.25) is 0 Å². The van der Waals surface area contributed by atoms with Crippen molar-refractivity contribution in [2.24, 2.45) is 0 Å². The van der Waals surface area contributed by atoms with Crippen LogP contribution in [0, 0.1) is 15.3 Å². The molecule has 1 aromatic heterocycles. The quantitative estimate of drug-likeness (QED) is 0.336. The number of carbonyl (C=O) groups is 1. The molecule has 0 aliphatic rings. The first-order chi connectivity index (χ1) is 11.9. The van der Waals surface area contributed by atoms with Gasteiger partial charge in [0.1, 0.15) is 5.69 Å². The number of aromatic nitrogens is 2. The SMILES string of the molecule is CC(=O)Nc1ccc(/C=C\c2ccc3c(c2)no[n+]3[O-])cc1[N+](=O)[O-]. The molecule has 0 atom stereocenters. The molecule has 126 valence electrons. The fourth-order valence-corrected chi connectivity index (χ4v) is 2.29. The second-order valence-electron chi connectivity index (χ2n) is 5.23. The van der Waals surface area contributed by atoms with Crippen molar-refractivity contribution >= 4 is 40.5 Å². The van der Waals surface area contributed by atoms with Gasteiger partial charge in [0, 0.05) is 24.2 Å². The number of hydrogen-bond donors (Lipinski definition) is 1. The first-order valence-electron chi connectivity index (χ1n) is 7.17. The molecule has 0 spiro atoms. The number of hydrogen-bond acceptors (Lipinski definition) is 6. The van der Waals surface area contributed by atoms with E-state index in [9.17, 15) is 20.1 Å². The molecule has 1 N–H and O–H groups in total. The van der Waals surface area contributed by atoms with Crippen LogP contribution >= 0.6 is 0 Å². The second-order valence-corrected chi connectivity index (χ2v) is 5.23. The van der Waals surface area contributed by atoms with Gasteiger partial charge in [-0.05, 0) is 28.2 Å². The Bertz CT molecular complexity index is 1010. The van der Waals surface area contributed by atoms with E-state index in [0.717, 1.165) is 5.56 Å². The third-order valence-corrected chi connectivity index (χ3v) is 3.41. The number of amides is 1. The molecule has 2 aromatic carbocycles. The van der Waals surface area contributed by atoms with E-state index in [4.69, 9.17) is 0 Å². The molecular formula is C16H12N4O5. The van der Waals surface area contributed by atoms with Crippen LogP contribution in [0.4, 0.5) is 11.4 Å². The molecule has 0 unspecified atom stereocenters. The maximum Gasteiger partial charge on any atom is 0.293 e. The van der Waals surface area contributed by atoms with Crippen molar-refractivity contribution in [3.8, 4) is 0 Å². The number of nitro groups is 1. The Kier molecular flexibility index (Phi) is 4.12. The van der Waals surface area contributed by atoms with Gasteiger partial charge in [-0.25, -0.2) is 0 Å². The van der Waals surface area contributed by atoms with Crippen LogP contribution in [-0.4, -0.2) is 16.0 Å². The minimum atomic E-state index is -0.558. The Morgan fingerprint density at radius 1 is 1.24 bits per heavy atom. The van der Waals surface area contributed by atoms with Crippen molar-refractivity contribution in [1.29, 1.82) is 0 Å². The van der Waals surface area contributed by atoms with Crippen molar-refractivity contribution in [3.63, 3.8) is 0 Å². The van der Waals surface area contributed by atoms with Crippen LogP contribution in [0.3, 0.4) is 0 Å². The fraction of sp³-hybridized carbons (Fsp3) is 0.0625. The molecular weight excluding hydrogens is 328 g/mol. The third kappa shape index (κ3) is 3.44. The van der Waals surface area contributed by atoms with Crippen molar-refractivity contribution < 1.29 is 19.2 Å². The van der Waals surface area contributed by atoms with E-state index >= 15 is 0 Å². The molecule has 1 heterocycles. The second kappa shape index (κ2) is 6.40. The van der Waals surface area contributed by atoms with Gasteiger partial charge < -0.3 is 10.5 Å². The summed E-state index contributed by atoms with van der Waals surface area (Å²) in [6.45, 7) is 1.28. The summed E-state index contributed by atoms with van der Waals surface area (Å²) in [7, 11) is 0. The number of nitrogens with zero attached hydrogens (tertiary/aromatic N) is 3. The number of fused-ring (bicyclic) bond motifs is 1. The minimum absolute atomic E-state index is 0.138. The van der Waals surface area contributed by atoms with Gasteiger partial charge in [-0.1, -0.05) is 24.3 Å². The number of anilines is 1. The summed E-state index contributed by atoms with van der Waals surface area (Å²) in [4.78, 5) is 22.0. The molecule has 3 rings (SSSR count). The summed E-state index contributed by atoms with van der Waals surface area (Å²) in [5.41, 5.74) is 1.99. The fourth-order valence-electron chi connectivity index (χ4n) is 2.29. The molecule has 3 aromatic rings. The van der Waals surface area contributed by atoms with Crippen LogP contribution in [0.1, 0.15) is 18.1 Å². The molecule has 0 fully saturated rings. The lowest BCUT2D eigenvalue weighted by molar-refractivity contribution is -0.782. The molecule has 0 aliphatic carbocycles. The number of rotatable bonds is 4. The number of nitrogens with one attached hydrogen (secondary N) is 1. The molecule has 1 amide bonds. The standard InChI is InChI=1S/C16H12N4O5/c1-10(21)17-13-6-4-12(9-16(13)19(22)23)3-2-11-5-7-15-14(8-11)18-25-20(15)24/h2-9H,1H3,(H,17,21)/b3-2-. The van der Waals surface area contributed by atoms with Gasteiger partial charge in [-0.3, -0.25) is 19.5 Å². The summed E-state index contributed by atoms with van der Waals surface area (Å²) in [5.74, 6) is -0.386. The Morgan fingerprint density at radius 2 is 1.92 bits per heavy atom. The highest BCUT2D eigenvalue weighted by Gasteiger charge is 2.15. The van der Waals surface area contributed by atoms with Crippen LogP contribution < -0.4 is 10.2 Å². The Balaban J connectivity index is 1.90. The highest BCUT2D eigenvalue weighted by molar-refractivity contribution is 5.91. The Morgan fingerprint density at radius 3 is 2.60 bits per heavy atom. The molecule has 0 radical (unpaired) electrons. The molecule has 0 aliphatic heterocycles. The summed E-state index contributed by atoms with van der Waals surface area (Å²) >= 11 is 0. The first kappa shape index (κ1) is 16.1. The average molecular weight is 340 g/mol. The van der Waals surface area contributed by atoms with Crippen molar-refractivity contribution in [1.82, 2.24) is 5.16 Å². The zero-order chi connectivity index (χ0) is 18.0. The van der Waals surface area contributed by atoms with Gasteiger partial charge >= 0.3 is 0 Å². The van der Waals surface area contributed by atoms with E-state index in [1.54, 1.807) is 36.4 Å². The lowest BCUT2D eigenvalue weighted by Gasteiger charge is -2.04. The van der Waals surface area contributed by atoms with Gasteiger partial charge in [0.25, 0.3) is 5.69 Å². The van der Waals surface area contributed by atoms with E-state index in [1.165, 1.54) is 19.1 Å². The van der Waals surface area contributed by atoms with Gasteiger partial charge in [-0.2, -0.15) is 0 Å². The highest BCUT2D eigenvalue weighted by atomic mass is 16.8. The normalized spacial score (nSPS) is 11.1. The Hall–Kier alpha value is -3.75. The summed E-state index contributed by atoms with van der Waals surface area (Å²) in [6.07, 6.45) is 3.40.